The fourth-order valence-corrected chi connectivity index (χ4v) is 1.74. The molecule has 1 saturated heterocycles. The maximum absolute atomic E-state index is 5.73. The second-order valence-corrected chi connectivity index (χ2v) is 4.42. The Morgan fingerprint density at radius 1 is 1.41 bits per heavy atom. The summed E-state index contributed by atoms with van der Waals surface area (Å²) in [4.78, 5) is 8.53. The van der Waals surface area contributed by atoms with Crippen LogP contribution in [0.1, 0.15) is 18.3 Å². The van der Waals surface area contributed by atoms with Gasteiger partial charge in [0.05, 0.1) is 23.7 Å². The van der Waals surface area contributed by atoms with Gasteiger partial charge in [0.1, 0.15) is 12.7 Å². The molecular weight excluding hydrogens is 218 g/mol. The maximum Gasteiger partial charge on any atom is 0.232 e. The Morgan fingerprint density at radius 3 is 2.94 bits per heavy atom. The lowest BCUT2D eigenvalue weighted by atomic mass is 10.2. The number of nitrogens with zero attached hydrogens (tertiary/aromatic N) is 2. The quantitative estimate of drug-likeness (QED) is 0.844. The molecule has 0 aliphatic carbocycles. The zero-order valence-electron chi connectivity index (χ0n) is 10.6. The van der Waals surface area contributed by atoms with Gasteiger partial charge in [0.2, 0.25) is 5.88 Å². The monoisotopic (exact) mass is 237 g/mol. The molecule has 5 nitrogen and oxygen atoms in total. The number of aromatic nitrogens is 2. The largest absolute Gasteiger partial charge is 0.474 e. The molecule has 0 radical (unpaired) electrons. The van der Waals surface area contributed by atoms with E-state index in [1.54, 1.807) is 6.20 Å². The molecular formula is C12H19N3O2. The lowest BCUT2D eigenvalue weighted by Gasteiger charge is -2.28. The van der Waals surface area contributed by atoms with E-state index in [0.717, 1.165) is 24.5 Å². The number of morpholine rings is 1. The van der Waals surface area contributed by atoms with Crippen LogP contribution in [0.5, 0.6) is 5.88 Å². The van der Waals surface area contributed by atoms with E-state index >= 15 is 0 Å². The van der Waals surface area contributed by atoms with Gasteiger partial charge in [0.15, 0.2) is 0 Å². The van der Waals surface area contributed by atoms with Crippen molar-refractivity contribution in [2.75, 3.05) is 19.7 Å². The van der Waals surface area contributed by atoms with E-state index in [2.05, 4.69) is 22.2 Å². The second-order valence-electron chi connectivity index (χ2n) is 4.42. The molecule has 2 atom stereocenters. The second kappa shape index (κ2) is 5.42. The van der Waals surface area contributed by atoms with Gasteiger partial charge >= 0.3 is 0 Å². The third-order valence-corrected chi connectivity index (χ3v) is 2.82. The van der Waals surface area contributed by atoms with Gasteiger partial charge in [0.25, 0.3) is 0 Å². The Hall–Kier alpha value is -1.20. The van der Waals surface area contributed by atoms with E-state index in [4.69, 9.17) is 9.47 Å². The molecule has 5 heteroatoms. The molecule has 0 amide bonds. The Bertz CT molecular complexity index is 384. The van der Waals surface area contributed by atoms with Crippen molar-refractivity contribution in [1.29, 1.82) is 0 Å². The van der Waals surface area contributed by atoms with Crippen LogP contribution in [0.15, 0.2) is 6.20 Å². The van der Waals surface area contributed by atoms with Crippen LogP contribution in [0.25, 0.3) is 0 Å². The summed E-state index contributed by atoms with van der Waals surface area (Å²) in [6.07, 6.45) is 1.98. The van der Waals surface area contributed by atoms with Crippen molar-refractivity contribution in [3.05, 3.63) is 17.6 Å². The predicted octanol–water partition coefficient (Wildman–Crippen LogP) is 0.849. The Balaban J connectivity index is 1.86. The number of nitrogens with one attached hydrogen (secondary N) is 1. The van der Waals surface area contributed by atoms with Gasteiger partial charge in [-0.3, -0.25) is 4.98 Å². The standard InChI is InChI=1S/C12H19N3O2/c1-8-4-13-5-11(17-8)7-16-12-6-14-9(2)10(3)15-12/h6,8,11,13H,4-5,7H2,1-3H3. The Morgan fingerprint density at radius 2 is 2.24 bits per heavy atom. The summed E-state index contributed by atoms with van der Waals surface area (Å²) in [5, 5.41) is 3.30. The van der Waals surface area contributed by atoms with Crippen LogP contribution >= 0.6 is 0 Å². The van der Waals surface area contributed by atoms with Crippen molar-refractivity contribution < 1.29 is 9.47 Å². The topological polar surface area (TPSA) is 56.3 Å². The van der Waals surface area contributed by atoms with Crippen molar-refractivity contribution in [3.8, 4) is 5.88 Å². The van der Waals surface area contributed by atoms with Crippen LogP contribution < -0.4 is 10.1 Å². The molecule has 94 valence electrons. The van der Waals surface area contributed by atoms with Crippen molar-refractivity contribution in [2.45, 2.75) is 33.0 Å². The van der Waals surface area contributed by atoms with Crippen molar-refractivity contribution in [1.82, 2.24) is 15.3 Å². The van der Waals surface area contributed by atoms with E-state index in [1.807, 2.05) is 13.8 Å². The fourth-order valence-electron chi connectivity index (χ4n) is 1.74. The van der Waals surface area contributed by atoms with Crippen LogP contribution in [-0.4, -0.2) is 41.9 Å². The van der Waals surface area contributed by atoms with Crippen molar-refractivity contribution in [3.63, 3.8) is 0 Å². The summed E-state index contributed by atoms with van der Waals surface area (Å²) in [5.74, 6) is 0.565. The summed E-state index contributed by atoms with van der Waals surface area (Å²) >= 11 is 0. The molecule has 17 heavy (non-hydrogen) atoms. The summed E-state index contributed by atoms with van der Waals surface area (Å²) < 4.78 is 11.3. The van der Waals surface area contributed by atoms with Gasteiger partial charge in [-0.05, 0) is 20.8 Å². The van der Waals surface area contributed by atoms with E-state index in [0.29, 0.717) is 12.5 Å². The summed E-state index contributed by atoms with van der Waals surface area (Å²) in [5.41, 5.74) is 1.83. The molecule has 1 aliphatic heterocycles. The number of hydrogen-bond donors (Lipinski definition) is 1. The molecule has 0 bridgehead atoms. The predicted molar refractivity (Wildman–Crippen MR) is 64.2 cm³/mol. The highest BCUT2D eigenvalue weighted by molar-refractivity contribution is 5.14. The SMILES string of the molecule is Cc1ncc(OCC2CNCC(C)O2)nc1C. The highest BCUT2D eigenvalue weighted by Crippen LogP contribution is 2.10. The zero-order valence-corrected chi connectivity index (χ0v) is 10.6. The van der Waals surface area contributed by atoms with Crippen LogP contribution in [0.4, 0.5) is 0 Å². The molecule has 1 N–H and O–H groups in total. The van der Waals surface area contributed by atoms with Crippen LogP contribution in [0.3, 0.4) is 0 Å². The summed E-state index contributed by atoms with van der Waals surface area (Å²) in [6.45, 7) is 8.14. The summed E-state index contributed by atoms with van der Waals surface area (Å²) in [7, 11) is 0. The van der Waals surface area contributed by atoms with Crippen LogP contribution in [0, 0.1) is 13.8 Å². The normalized spacial score (nSPS) is 24.6. The third-order valence-electron chi connectivity index (χ3n) is 2.82. The first-order chi connectivity index (χ1) is 8.15. The molecule has 2 heterocycles. The van der Waals surface area contributed by atoms with Crippen molar-refractivity contribution in [2.24, 2.45) is 0 Å². The van der Waals surface area contributed by atoms with Crippen LogP contribution in [-0.2, 0) is 4.74 Å². The average Bonchev–Trinajstić information content (AvgIpc) is 2.31. The molecule has 1 fully saturated rings. The molecule has 0 spiro atoms. The van der Waals surface area contributed by atoms with Gasteiger partial charge in [-0.2, -0.15) is 0 Å². The van der Waals surface area contributed by atoms with Crippen LogP contribution in [0.2, 0.25) is 0 Å². The number of hydrogen-bond acceptors (Lipinski definition) is 5. The molecule has 1 aromatic rings. The minimum Gasteiger partial charge on any atom is -0.474 e. The van der Waals surface area contributed by atoms with E-state index in [9.17, 15) is 0 Å². The van der Waals surface area contributed by atoms with Gasteiger partial charge < -0.3 is 14.8 Å². The molecule has 2 rings (SSSR count). The van der Waals surface area contributed by atoms with Gasteiger partial charge in [-0.1, -0.05) is 0 Å². The highest BCUT2D eigenvalue weighted by atomic mass is 16.5. The van der Waals surface area contributed by atoms with Gasteiger partial charge in [0, 0.05) is 13.1 Å². The Labute approximate surface area is 102 Å². The number of aryl methyl sites for hydroxylation is 2. The zero-order chi connectivity index (χ0) is 12.3. The number of ether oxygens (including phenoxy) is 2. The first-order valence-electron chi connectivity index (χ1n) is 5.94. The minimum atomic E-state index is 0.0853. The minimum absolute atomic E-state index is 0.0853. The summed E-state index contributed by atoms with van der Waals surface area (Å²) in [6, 6.07) is 0. The molecule has 1 aromatic heterocycles. The molecule has 2 unspecified atom stereocenters. The molecule has 0 saturated carbocycles. The first kappa shape index (κ1) is 12.3. The molecule has 1 aliphatic rings. The lowest BCUT2D eigenvalue weighted by Crippen LogP contribution is -2.45. The smallest absolute Gasteiger partial charge is 0.232 e. The van der Waals surface area contributed by atoms with E-state index in [1.165, 1.54) is 0 Å². The third kappa shape index (κ3) is 3.38. The average molecular weight is 237 g/mol. The fraction of sp³-hybridized carbons (Fsp3) is 0.667. The van der Waals surface area contributed by atoms with E-state index in [-0.39, 0.29) is 12.2 Å². The number of rotatable bonds is 3. The highest BCUT2D eigenvalue weighted by Gasteiger charge is 2.19. The lowest BCUT2D eigenvalue weighted by molar-refractivity contribution is -0.0477. The van der Waals surface area contributed by atoms with Crippen molar-refractivity contribution >= 4 is 0 Å². The Kier molecular flexibility index (Phi) is 3.91. The van der Waals surface area contributed by atoms with E-state index < -0.39 is 0 Å². The van der Waals surface area contributed by atoms with Gasteiger partial charge in [-0.15, -0.1) is 0 Å². The van der Waals surface area contributed by atoms with Gasteiger partial charge in [-0.25, -0.2) is 4.98 Å². The first-order valence-corrected chi connectivity index (χ1v) is 5.94. The molecule has 0 aromatic carbocycles. The maximum atomic E-state index is 5.73.